The number of morpholine rings is 1. The lowest BCUT2D eigenvalue weighted by Gasteiger charge is -2.32. The van der Waals surface area contributed by atoms with Crippen LogP contribution in [0.3, 0.4) is 0 Å². The van der Waals surface area contributed by atoms with E-state index in [4.69, 9.17) is 9.26 Å². The number of nitrogens with one attached hydrogen (secondary N) is 1. The normalized spacial score (nSPS) is 18.3. The van der Waals surface area contributed by atoms with Crippen molar-refractivity contribution in [1.82, 2.24) is 30.5 Å². The summed E-state index contributed by atoms with van der Waals surface area (Å²) in [7, 11) is 0. The van der Waals surface area contributed by atoms with Crippen molar-refractivity contribution in [3.05, 3.63) is 35.3 Å². The van der Waals surface area contributed by atoms with Crippen LogP contribution in [0.25, 0.3) is 10.7 Å². The van der Waals surface area contributed by atoms with Gasteiger partial charge < -0.3 is 14.2 Å². The Morgan fingerprint density at radius 1 is 1.48 bits per heavy atom. The summed E-state index contributed by atoms with van der Waals surface area (Å²) in [5, 5.41) is 15.9. The van der Waals surface area contributed by atoms with Crippen LogP contribution >= 0.6 is 11.3 Å². The SMILES string of the molecule is O=C(c1cn[nH]n1)N1CCOC[C@H]1c1nc(-c2cccs2)no1. The number of carbonyl (C=O) groups excluding carboxylic acids is 1. The summed E-state index contributed by atoms with van der Waals surface area (Å²) in [4.78, 5) is 19.5. The van der Waals surface area contributed by atoms with Crippen molar-refractivity contribution < 1.29 is 14.1 Å². The predicted octanol–water partition coefficient (Wildman–Crippen LogP) is 1.13. The highest BCUT2D eigenvalue weighted by Crippen LogP contribution is 2.28. The van der Waals surface area contributed by atoms with Gasteiger partial charge in [0, 0.05) is 6.54 Å². The lowest BCUT2D eigenvalue weighted by atomic mass is 10.2. The quantitative estimate of drug-likeness (QED) is 0.765. The van der Waals surface area contributed by atoms with Gasteiger partial charge in [-0.05, 0) is 11.4 Å². The van der Waals surface area contributed by atoms with Crippen molar-refractivity contribution in [3.8, 4) is 10.7 Å². The van der Waals surface area contributed by atoms with Gasteiger partial charge in [-0.1, -0.05) is 11.2 Å². The molecule has 3 aromatic rings. The number of aromatic nitrogens is 5. The molecule has 0 bridgehead atoms. The smallest absolute Gasteiger partial charge is 0.276 e. The van der Waals surface area contributed by atoms with Gasteiger partial charge in [-0.3, -0.25) is 4.79 Å². The van der Waals surface area contributed by atoms with Crippen molar-refractivity contribution in [1.29, 1.82) is 0 Å². The van der Waals surface area contributed by atoms with E-state index < -0.39 is 6.04 Å². The Labute approximate surface area is 134 Å². The highest BCUT2D eigenvalue weighted by molar-refractivity contribution is 7.13. The third kappa shape index (κ3) is 2.62. The van der Waals surface area contributed by atoms with E-state index in [0.717, 1.165) is 4.88 Å². The summed E-state index contributed by atoms with van der Waals surface area (Å²) in [6.45, 7) is 1.18. The Morgan fingerprint density at radius 3 is 3.22 bits per heavy atom. The molecule has 0 spiro atoms. The summed E-state index contributed by atoms with van der Waals surface area (Å²) >= 11 is 1.52. The molecule has 1 saturated heterocycles. The number of hydrogen-bond acceptors (Lipinski definition) is 8. The van der Waals surface area contributed by atoms with Crippen LogP contribution in [-0.2, 0) is 4.74 Å². The second-order valence-electron chi connectivity index (χ2n) is 4.88. The lowest BCUT2D eigenvalue weighted by molar-refractivity contribution is -0.0122. The highest BCUT2D eigenvalue weighted by Gasteiger charge is 2.34. The van der Waals surface area contributed by atoms with Crippen molar-refractivity contribution in [2.75, 3.05) is 19.8 Å². The Balaban J connectivity index is 1.62. The molecule has 4 rings (SSSR count). The molecule has 0 aliphatic carbocycles. The second-order valence-corrected chi connectivity index (χ2v) is 5.83. The van der Waals surface area contributed by atoms with Gasteiger partial charge in [0.05, 0.1) is 24.3 Å². The first-order valence-electron chi connectivity index (χ1n) is 6.95. The molecule has 1 amide bonds. The van der Waals surface area contributed by atoms with E-state index in [0.29, 0.717) is 31.5 Å². The number of amides is 1. The molecule has 1 aliphatic rings. The first-order valence-corrected chi connectivity index (χ1v) is 7.83. The van der Waals surface area contributed by atoms with Gasteiger partial charge in [-0.15, -0.1) is 11.3 Å². The fraction of sp³-hybridized carbons (Fsp3) is 0.308. The number of rotatable bonds is 3. The average molecular weight is 332 g/mol. The van der Waals surface area contributed by atoms with Crippen molar-refractivity contribution in [2.24, 2.45) is 0 Å². The Morgan fingerprint density at radius 2 is 2.43 bits per heavy atom. The van der Waals surface area contributed by atoms with Gasteiger partial charge in [0.25, 0.3) is 11.8 Å². The predicted molar refractivity (Wildman–Crippen MR) is 78.6 cm³/mol. The topological polar surface area (TPSA) is 110 Å². The van der Waals surface area contributed by atoms with Gasteiger partial charge in [0.2, 0.25) is 5.82 Å². The second kappa shape index (κ2) is 5.89. The summed E-state index contributed by atoms with van der Waals surface area (Å²) in [6, 6.07) is 3.39. The first kappa shape index (κ1) is 14.0. The van der Waals surface area contributed by atoms with E-state index in [1.54, 1.807) is 4.90 Å². The molecule has 0 aromatic carbocycles. The van der Waals surface area contributed by atoms with Crippen molar-refractivity contribution in [3.63, 3.8) is 0 Å². The van der Waals surface area contributed by atoms with E-state index >= 15 is 0 Å². The molecular formula is C13H12N6O3S. The van der Waals surface area contributed by atoms with E-state index in [-0.39, 0.29) is 11.6 Å². The molecule has 23 heavy (non-hydrogen) atoms. The molecule has 1 aliphatic heterocycles. The Kier molecular flexibility index (Phi) is 3.60. The van der Waals surface area contributed by atoms with Gasteiger partial charge in [0.1, 0.15) is 6.04 Å². The van der Waals surface area contributed by atoms with E-state index in [1.807, 2.05) is 17.5 Å². The summed E-state index contributed by atoms with van der Waals surface area (Å²) < 4.78 is 10.8. The minimum atomic E-state index is -0.436. The fourth-order valence-electron chi connectivity index (χ4n) is 2.38. The fourth-order valence-corrected chi connectivity index (χ4v) is 3.03. The molecule has 3 aromatic heterocycles. The molecule has 118 valence electrons. The molecule has 0 unspecified atom stereocenters. The maximum Gasteiger partial charge on any atom is 0.276 e. The molecule has 9 nitrogen and oxygen atoms in total. The van der Waals surface area contributed by atoms with E-state index in [2.05, 4.69) is 25.6 Å². The summed E-state index contributed by atoms with van der Waals surface area (Å²) in [5.74, 6) is 0.613. The summed E-state index contributed by atoms with van der Waals surface area (Å²) in [5.41, 5.74) is 0.245. The minimum Gasteiger partial charge on any atom is -0.377 e. The average Bonchev–Trinajstić information content (AvgIpc) is 3.35. The van der Waals surface area contributed by atoms with Crippen LogP contribution in [0, 0.1) is 0 Å². The molecule has 1 atom stereocenters. The molecule has 0 radical (unpaired) electrons. The number of hydrogen-bond donors (Lipinski definition) is 1. The zero-order valence-electron chi connectivity index (χ0n) is 11.9. The third-order valence-corrected chi connectivity index (χ3v) is 4.36. The van der Waals surface area contributed by atoms with Gasteiger partial charge in [-0.2, -0.15) is 20.4 Å². The first-order chi connectivity index (χ1) is 11.3. The van der Waals surface area contributed by atoms with Crippen LogP contribution in [0.4, 0.5) is 0 Å². The Hall–Kier alpha value is -2.59. The van der Waals surface area contributed by atoms with Crippen LogP contribution in [0.2, 0.25) is 0 Å². The standard InChI is InChI=1S/C13H12N6O3S/c20-13(8-6-14-18-16-8)19-3-4-21-7-9(19)12-15-11(17-22-12)10-2-1-5-23-10/h1-2,5-6,9H,3-4,7H2,(H,14,16,18)/t9-/m0/s1. The Bertz CT molecular complexity index is 785. The van der Waals surface area contributed by atoms with Gasteiger partial charge in [-0.25, -0.2) is 0 Å². The van der Waals surface area contributed by atoms with Crippen molar-refractivity contribution in [2.45, 2.75) is 6.04 Å². The number of ether oxygens (including phenoxy) is 1. The largest absolute Gasteiger partial charge is 0.377 e. The van der Waals surface area contributed by atoms with E-state index in [9.17, 15) is 4.79 Å². The van der Waals surface area contributed by atoms with Crippen LogP contribution in [0.15, 0.2) is 28.2 Å². The molecule has 10 heteroatoms. The third-order valence-electron chi connectivity index (χ3n) is 3.49. The zero-order valence-corrected chi connectivity index (χ0v) is 12.7. The van der Waals surface area contributed by atoms with Crippen LogP contribution in [-0.4, -0.2) is 56.1 Å². The van der Waals surface area contributed by atoms with E-state index in [1.165, 1.54) is 17.5 Å². The maximum atomic E-state index is 12.5. The van der Waals surface area contributed by atoms with Crippen LogP contribution in [0.5, 0.6) is 0 Å². The summed E-state index contributed by atoms with van der Waals surface area (Å²) in [6.07, 6.45) is 1.39. The highest BCUT2D eigenvalue weighted by atomic mass is 32.1. The number of nitrogens with zero attached hydrogens (tertiary/aromatic N) is 5. The maximum absolute atomic E-state index is 12.5. The molecule has 0 saturated carbocycles. The molecule has 4 heterocycles. The van der Waals surface area contributed by atoms with Gasteiger partial charge in [0.15, 0.2) is 5.69 Å². The number of thiophene rings is 1. The van der Waals surface area contributed by atoms with Gasteiger partial charge >= 0.3 is 0 Å². The van der Waals surface area contributed by atoms with Crippen LogP contribution < -0.4 is 0 Å². The number of aromatic amines is 1. The molecule has 1 N–H and O–H groups in total. The van der Waals surface area contributed by atoms with Crippen molar-refractivity contribution >= 4 is 17.2 Å². The van der Waals surface area contributed by atoms with Crippen LogP contribution in [0.1, 0.15) is 22.4 Å². The molecule has 1 fully saturated rings. The lowest BCUT2D eigenvalue weighted by Crippen LogP contribution is -2.43. The molecular weight excluding hydrogens is 320 g/mol. The zero-order chi connectivity index (χ0) is 15.6. The monoisotopic (exact) mass is 332 g/mol. The minimum absolute atomic E-state index is 0.245. The number of H-pyrrole nitrogens is 1. The number of carbonyl (C=O) groups is 1.